The molecule has 1 N–H and O–H groups in total. The van der Waals surface area contributed by atoms with Gasteiger partial charge in [-0.1, -0.05) is 17.7 Å². The van der Waals surface area contributed by atoms with Crippen molar-refractivity contribution in [3.63, 3.8) is 0 Å². The van der Waals surface area contributed by atoms with Crippen molar-refractivity contribution >= 4 is 38.5 Å². The lowest BCUT2D eigenvalue weighted by molar-refractivity contribution is 0.416. The molecule has 0 aliphatic rings. The Morgan fingerprint density at radius 2 is 1.73 bits per heavy atom. The van der Waals surface area contributed by atoms with Gasteiger partial charge < -0.3 is 4.74 Å². The molecular weight excluding hydrogens is 517 g/mol. The van der Waals surface area contributed by atoms with E-state index in [-0.39, 0.29) is 15.9 Å². The van der Waals surface area contributed by atoms with Crippen molar-refractivity contribution in [2.75, 3.05) is 11.8 Å². The van der Waals surface area contributed by atoms with Crippen LogP contribution >= 0.6 is 11.6 Å². The van der Waals surface area contributed by atoms with Gasteiger partial charge in [-0.25, -0.2) is 37.5 Å². The number of methoxy groups -OCH3 is 1. The van der Waals surface area contributed by atoms with E-state index in [2.05, 4.69) is 24.7 Å². The molecule has 0 bridgehead atoms. The number of aromatic nitrogens is 4. The molecule has 8 nitrogen and oxygen atoms in total. The van der Waals surface area contributed by atoms with E-state index in [0.29, 0.717) is 27.9 Å². The van der Waals surface area contributed by atoms with Crippen molar-refractivity contribution < 1.29 is 17.5 Å². The van der Waals surface area contributed by atoms with Gasteiger partial charge in [0.05, 0.1) is 28.2 Å². The Kier molecular flexibility index (Phi) is 6.45. The Hall–Kier alpha value is -4.15. The average molecular weight is 536 g/mol. The molecule has 0 radical (unpaired) electrons. The monoisotopic (exact) mass is 535 g/mol. The number of halogens is 2. The summed E-state index contributed by atoms with van der Waals surface area (Å²) in [6.07, 6.45) is 4.25. The van der Waals surface area contributed by atoms with Crippen LogP contribution in [-0.2, 0) is 10.0 Å². The summed E-state index contributed by atoms with van der Waals surface area (Å²) in [5.41, 5.74) is 4.13. The Balaban J connectivity index is 1.58. The maximum atomic E-state index is 13.7. The van der Waals surface area contributed by atoms with Gasteiger partial charge in [0, 0.05) is 23.3 Å². The molecule has 0 amide bonds. The van der Waals surface area contributed by atoms with Gasteiger partial charge in [-0.2, -0.15) is 0 Å². The van der Waals surface area contributed by atoms with Gasteiger partial charge in [0.2, 0.25) is 5.95 Å². The van der Waals surface area contributed by atoms with E-state index in [4.69, 9.17) is 16.3 Å². The second kappa shape index (κ2) is 9.72. The summed E-state index contributed by atoms with van der Waals surface area (Å²) in [7, 11) is -2.40. The lowest BCUT2D eigenvalue weighted by atomic mass is 9.95. The fourth-order valence-corrected chi connectivity index (χ4v) is 5.12. The number of benzene rings is 3. The number of hydrogen-bond donors (Lipinski definition) is 1. The largest absolute Gasteiger partial charge is 0.496 e. The highest BCUT2D eigenvalue weighted by molar-refractivity contribution is 7.92. The number of sulfonamides is 1. The zero-order chi connectivity index (χ0) is 26.2. The highest BCUT2D eigenvalue weighted by atomic mass is 35.5. The minimum Gasteiger partial charge on any atom is -0.496 e. The van der Waals surface area contributed by atoms with Crippen LogP contribution in [0.2, 0.25) is 5.02 Å². The first-order valence-electron chi connectivity index (χ1n) is 11.0. The predicted octanol–water partition coefficient (Wildman–Crippen LogP) is 5.66. The van der Waals surface area contributed by atoms with Crippen LogP contribution in [0.4, 0.5) is 10.3 Å². The Labute approximate surface area is 217 Å². The second-order valence-corrected chi connectivity index (χ2v) is 10.2. The Morgan fingerprint density at radius 1 is 0.946 bits per heavy atom. The summed E-state index contributed by atoms with van der Waals surface area (Å²) in [6, 6.07) is 14.4. The summed E-state index contributed by atoms with van der Waals surface area (Å²) >= 11 is 5.99. The summed E-state index contributed by atoms with van der Waals surface area (Å²) < 4.78 is 47.5. The minimum atomic E-state index is -3.94. The van der Waals surface area contributed by atoms with E-state index in [0.717, 1.165) is 16.7 Å². The molecule has 2 heterocycles. The van der Waals surface area contributed by atoms with Gasteiger partial charge in [-0.15, -0.1) is 0 Å². The molecule has 0 spiro atoms. The smallest absolute Gasteiger partial charge is 0.264 e. The molecule has 37 heavy (non-hydrogen) atoms. The second-order valence-electron chi connectivity index (χ2n) is 8.08. The fourth-order valence-electron chi connectivity index (χ4n) is 3.97. The van der Waals surface area contributed by atoms with Gasteiger partial charge in [0.25, 0.3) is 10.0 Å². The fraction of sp³-hybridized carbons (Fsp3) is 0.0769. The van der Waals surface area contributed by atoms with Gasteiger partial charge in [-0.05, 0) is 72.1 Å². The van der Waals surface area contributed by atoms with Gasteiger partial charge in [0.1, 0.15) is 17.9 Å². The Morgan fingerprint density at radius 3 is 2.46 bits per heavy atom. The van der Waals surface area contributed by atoms with E-state index in [1.807, 2.05) is 19.1 Å². The summed E-state index contributed by atoms with van der Waals surface area (Å²) in [6.45, 7) is 1.92. The van der Waals surface area contributed by atoms with Crippen molar-refractivity contribution in [1.82, 2.24) is 19.9 Å². The lowest BCUT2D eigenvalue weighted by Gasteiger charge is -2.15. The first-order chi connectivity index (χ1) is 17.8. The number of nitrogens with one attached hydrogen (secondary N) is 1. The standard InChI is InChI=1S/C26H19ClFN5O3S/c1-15-10-20(24(36-2)13-19(15)16-4-7-22(28)21(27)11-16)25-18-6-5-17(12-23(18)31-14-32-25)37(34,35)33-26-29-8-3-9-30-26/h3-14H,1-2H3,(H,29,30,33). The highest BCUT2D eigenvalue weighted by Crippen LogP contribution is 2.39. The van der Waals surface area contributed by atoms with Gasteiger partial charge in [0.15, 0.2) is 0 Å². The van der Waals surface area contributed by atoms with Gasteiger partial charge >= 0.3 is 0 Å². The normalized spacial score (nSPS) is 11.5. The number of aryl methyl sites for hydroxylation is 1. The number of rotatable bonds is 6. The molecule has 11 heteroatoms. The van der Waals surface area contributed by atoms with Crippen LogP contribution in [0.3, 0.4) is 0 Å². The van der Waals surface area contributed by atoms with Crippen LogP contribution < -0.4 is 9.46 Å². The number of fused-ring (bicyclic) bond motifs is 1. The van der Waals surface area contributed by atoms with Crippen LogP contribution in [0.15, 0.2) is 78.2 Å². The summed E-state index contributed by atoms with van der Waals surface area (Å²) in [5, 5.41) is 0.661. The number of ether oxygens (including phenoxy) is 1. The molecule has 0 aliphatic heterocycles. The average Bonchev–Trinajstić information content (AvgIpc) is 2.90. The van der Waals surface area contributed by atoms with E-state index in [1.54, 1.807) is 31.4 Å². The Bertz CT molecular complexity index is 1750. The molecule has 3 aromatic carbocycles. The third-order valence-corrected chi connectivity index (χ3v) is 7.36. The van der Waals surface area contributed by atoms with E-state index in [1.165, 1.54) is 36.9 Å². The maximum absolute atomic E-state index is 13.7. The van der Waals surface area contributed by atoms with Crippen LogP contribution in [-0.4, -0.2) is 35.5 Å². The van der Waals surface area contributed by atoms with Crippen molar-refractivity contribution in [1.29, 1.82) is 0 Å². The number of nitrogens with zero attached hydrogens (tertiary/aromatic N) is 4. The number of anilines is 1. The molecule has 5 aromatic rings. The van der Waals surface area contributed by atoms with E-state index >= 15 is 0 Å². The molecule has 0 saturated carbocycles. The first kappa shape index (κ1) is 24.5. The zero-order valence-electron chi connectivity index (χ0n) is 19.6. The lowest BCUT2D eigenvalue weighted by Crippen LogP contribution is -2.14. The molecule has 2 aromatic heterocycles. The highest BCUT2D eigenvalue weighted by Gasteiger charge is 2.20. The molecule has 0 saturated heterocycles. The molecule has 0 aliphatic carbocycles. The minimum absolute atomic E-state index is 0.00350. The van der Waals surface area contributed by atoms with Crippen LogP contribution in [0.25, 0.3) is 33.3 Å². The molecule has 0 atom stereocenters. The first-order valence-corrected chi connectivity index (χ1v) is 12.8. The van der Waals surface area contributed by atoms with Gasteiger partial charge in [-0.3, -0.25) is 0 Å². The topological polar surface area (TPSA) is 107 Å². The summed E-state index contributed by atoms with van der Waals surface area (Å²) in [5.74, 6) is 0.00124. The van der Waals surface area contributed by atoms with Crippen molar-refractivity contribution in [3.8, 4) is 28.1 Å². The number of hydrogen-bond acceptors (Lipinski definition) is 7. The molecule has 5 rings (SSSR count). The molecule has 0 fully saturated rings. The quantitative estimate of drug-likeness (QED) is 0.299. The van der Waals surface area contributed by atoms with Crippen LogP contribution in [0.1, 0.15) is 5.56 Å². The van der Waals surface area contributed by atoms with Crippen molar-refractivity contribution in [2.24, 2.45) is 0 Å². The SMILES string of the molecule is COc1cc(-c2ccc(F)c(Cl)c2)c(C)cc1-c1ncnc2cc(S(=O)(=O)Nc3ncccn3)ccc12. The van der Waals surface area contributed by atoms with Crippen molar-refractivity contribution in [3.05, 3.63) is 89.7 Å². The maximum Gasteiger partial charge on any atom is 0.264 e. The van der Waals surface area contributed by atoms with Crippen molar-refractivity contribution in [2.45, 2.75) is 11.8 Å². The zero-order valence-corrected chi connectivity index (χ0v) is 21.2. The third kappa shape index (κ3) is 4.81. The van der Waals surface area contributed by atoms with E-state index in [9.17, 15) is 12.8 Å². The van der Waals surface area contributed by atoms with Crippen LogP contribution in [0, 0.1) is 12.7 Å². The molecule has 0 unspecified atom stereocenters. The van der Waals surface area contributed by atoms with E-state index < -0.39 is 15.8 Å². The third-order valence-electron chi connectivity index (χ3n) is 5.74. The molecular formula is C26H19ClFN5O3S. The predicted molar refractivity (Wildman–Crippen MR) is 140 cm³/mol. The van der Waals surface area contributed by atoms with Crippen LogP contribution in [0.5, 0.6) is 5.75 Å². The summed E-state index contributed by atoms with van der Waals surface area (Å²) in [4.78, 5) is 16.6. The molecule has 186 valence electrons.